The van der Waals surface area contributed by atoms with Gasteiger partial charge < -0.3 is 9.47 Å². The molecule has 2 heterocycles. The zero-order valence-electron chi connectivity index (χ0n) is 22.5. The first-order valence-corrected chi connectivity index (χ1v) is 13.9. The van der Waals surface area contributed by atoms with Gasteiger partial charge in [-0.1, -0.05) is 48.5 Å². The first kappa shape index (κ1) is 25.7. The number of nitrogens with zero attached hydrogens (tertiary/aromatic N) is 3. The molecule has 0 radical (unpaired) electrons. The highest BCUT2D eigenvalue weighted by molar-refractivity contribution is 5.47. The van der Waals surface area contributed by atoms with Crippen LogP contribution >= 0.6 is 0 Å². The Morgan fingerprint density at radius 3 is 2.02 bits per heavy atom. The van der Waals surface area contributed by atoms with Crippen molar-refractivity contribution < 1.29 is 9.47 Å². The molecule has 4 aromatic carbocycles. The minimum absolute atomic E-state index is 0.134. The number of likely N-dealkylation sites (tertiary alicyclic amines) is 1. The van der Waals surface area contributed by atoms with Crippen LogP contribution in [0.15, 0.2) is 120 Å². The van der Waals surface area contributed by atoms with Crippen molar-refractivity contribution in [3.63, 3.8) is 0 Å². The van der Waals surface area contributed by atoms with E-state index in [1.54, 1.807) is 15.3 Å². The molecule has 6 heteroatoms. The summed E-state index contributed by atoms with van der Waals surface area (Å²) in [6, 6.07) is 33.6. The third-order valence-electron chi connectivity index (χ3n) is 7.29. The number of ether oxygens (including phenoxy) is 2. The average molecular weight is 532 g/mol. The average Bonchev–Trinajstić information content (AvgIpc) is 3.65. The summed E-state index contributed by atoms with van der Waals surface area (Å²) < 4.78 is 15.5. The Morgan fingerprint density at radius 1 is 0.675 bits per heavy atom. The molecular weight excluding hydrogens is 498 g/mol. The summed E-state index contributed by atoms with van der Waals surface area (Å²) in [4.78, 5) is 15.9. The summed E-state index contributed by atoms with van der Waals surface area (Å²) in [7, 11) is 0. The van der Waals surface area contributed by atoms with Gasteiger partial charge in [-0.2, -0.15) is 0 Å². The molecule has 0 aliphatic carbocycles. The number of para-hydroxylation sites is 1. The van der Waals surface area contributed by atoms with E-state index in [0.29, 0.717) is 12.4 Å². The maximum atomic E-state index is 13.5. The Balaban J connectivity index is 1.23. The molecule has 1 aliphatic rings. The van der Waals surface area contributed by atoms with Crippen LogP contribution in [-0.2, 0) is 6.42 Å². The van der Waals surface area contributed by atoms with E-state index in [0.717, 1.165) is 54.5 Å². The molecule has 1 aliphatic heterocycles. The molecule has 1 fully saturated rings. The molecule has 0 amide bonds. The lowest BCUT2D eigenvalue weighted by Gasteiger charge is -2.17. The van der Waals surface area contributed by atoms with Gasteiger partial charge in [0.1, 0.15) is 23.9 Å². The lowest BCUT2D eigenvalue weighted by atomic mass is 10.0. The van der Waals surface area contributed by atoms with Crippen LogP contribution in [0.5, 0.6) is 17.2 Å². The molecular formula is C34H33N3O3. The normalized spacial score (nSPS) is 13.4. The number of rotatable bonds is 10. The van der Waals surface area contributed by atoms with Gasteiger partial charge in [-0.05, 0) is 86.1 Å². The molecule has 6 nitrogen and oxygen atoms in total. The van der Waals surface area contributed by atoms with Crippen molar-refractivity contribution in [1.29, 1.82) is 0 Å². The monoisotopic (exact) mass is 531 g/mol. The smallest absolute Gasteiger partial charge is 0.337 e. The number of hydrogen-bond donors (Lipinski definition) is 0. The summed E-state index contributed by atoms with van der Waals surface area (Å²) in [6.45, 7) is 3.90. The van der Waals surface area contributed by atoms with Crippen molar-refractivity contribution in [2.24, 2.45) is 0 Å². The Bertz CT molecular complexity index is 1590. The Hall–Kier alpha value is -4.55. The molecule has 0 spiro atoms. The van der Waals surface area contributed by atoms with Gasteiger partial charge in [-0.25, -0.2) is 4.79 Å². The molecule has 40 heavy (non-hydrogen) atoms. The minimum atomic E-state index is -0.134. The van der Waals surface area contributed by atoms with E-state index in [4.69, 9.17) is 9.47 Å². The topological polar surface area (TPSA) is 48.6 Å². The molecule has 0 atom stereocenters. The fourth-order valence-electron chi connectivity index (χ4n) is 5.17. The fourth-order valence-corrected chi connectivity index (χ4v) is 5.17. The van der Waals surface area contributed by atoms with Gasteiger partial charge in [0.25, 0.3) is 0 Å². The molecule has 1 aromatic heterocycles. The van der Waals surface area contributed by atoms with Crippen LogP contribution in [-0.4, -0.2) is 40.3 Å². The van der Waals surface area contributed by atoms with Crippen molar-refractivity contribution >= 4 is 0 Å². The third-order valence-corrected chi connectivity index (χ3v) is 7.29. The predicted octanol–water partition coefficient (Wildman–Crippen LogP) is 6.49. The van der Waals surface area contributed by atoms with Gasteiger partial charge in [-0.3, -0.25) is 14.0 Å². The van der Waals surface area contributed by atoms with Gasteiger partial charge in [-0.15, -0.1) is 0 Å². The van der Waals surface area contributed by atoms with Crippen molar-refractivity contribution in [2.45, 2.75) is 19.3 Å². The van der Waals surface area contributed by atoms with Gasteiger partial charge in [0, 0.05) is 30.9 Å². The highest BCUT2D eigenvalue weighted by atomic mass is 16.5. The van der Waals surface area contributed by atoms with Gasteiger partial charge in [0.2, 0.25) is 0 Å². The number of imidazole rings is 1. The molecule has 6 rings (SSSR count). The maximum absolute atomic E-state index is 13.5. The predicted molar refractivity (Wildman–Crippen MR) is 158 cm³/mol. The van der Waals surface area contributed by atoms with Crippen molar-refractivity contribution in [3.05, 3.63) is 137 Å². The van der Waals surface area contributed by atoms with E-state index in [-0.39, 0.29) is 5.69 Å². The first-order chi connectivity index (χ1) is 19.7. The van der Waals surface area contributed by atoms with E-state index >= 15 is 0 Å². The Kier molecular flexibility index (Phi) is 7.78. The summed E-state index contributed by atoms with van der Waals surface area (Å²) >= 11 is 0. The molecule has 5 aromatic rings. The number of aromatic nitrogens is 2. The van der Waals surface area contributed by atoms with Crippen LogP contribution in [0.1, 0.15) is 24.0 Å². The second-order valence-electron chi connectivity index (χ2n) is 10.1. The standard InChI is InChI=1S/C34H33N3O3/c38-34-36(29-13-16-32(17-14-29)40-31-11-5-2-6-12-31)21-22-37(34)30-15-18-33(39-24-23-35-19-7-8-20-35)28(26-30)25-27-9-3-1-4-10-27/h1-6,9-18,21-22,26H,7-8,19-20,23-25H2. The first-order valence-electron chi connectivity index (χ1n) is 13.9. The van der Waals surface area contributed by atoms with Crippen LogP contribution in [0.2, 0.25) is 0 Å². The summed E-state index contributed by atoms with van der Waals surface area (Å²) in [5, 5.41) is 0. The van der Waals surface area contributed by atoms with E-state index in [9.17, 15) is 4.79 Å². The number of hydrogen-bond acceptors (Lipinski definition) is 4. The van der Waals surface area contributed by atoms with Crippen molar-refractivity contribution in [1.82, 2.24) is 14.0 Å². The van der Waals surface area contributed by atoms with Crippen LogP contribution in [0, 0.1) is 0 Å². The van der Waals surface area contributed by atoms with E-state index in [2.05, 4.69) is 23.1 Å². The van der Waals surface area contributed by atoms with E-state index in [1.165, 1.54) is 18.4 Å². The Morgan fingerprint density at radius 2 is 1.30 bits per heavy atom. The molecule has 0 saturated carbocycles. The van der Waals surface area contributed by atoms with Crippen LogP contribution in [0.3, 0.4) is 0 Å². The largest absolute Gasteiger partial charge is 0.492 e. The van der Waals surface area contributed by atoms with Crippen LogP contribution in [0.4, 0.5) is 0 Å². The molecule has 0 N–H and O–H groups in total. The molecule has 1 saturated heterocycles. The second-order valence-corrected chi connectivity index (χ2v) is 10.1. The van der Waals surface area contributed by atoms with Crippen LogP contribution in [0.25, 0.3) is 11.4 Å². The quantitative estimate of drug-likeness (QED) is 0.207. The molecule has 202 valence electrons. The highest BCUT2D eigenvalue weighted by Crippen LogP contribution is 2.26. The van der Waals surface area contributed by atoms with Crippen molar-refractivity contribution in [3.8, 4) is 28.6 Å². The summed E-state index contributed by atoms with van der Waals surface area (Å²) in [5.74, 6) is 2.36. The minimum Gasteiger partial charge on any atom is -0.492 e. The summed E-state index contributed by atoms with van der Waals surface area (Å²) in [6.07, 6.45) is 6.88. The summed E-state index contributed by atoms with van der Waals surface area (Å²) in [5.41, 5.74) is 3.71. The van der Waals surface area contributed by atoms with Crippen molar-refractivity contribution in [2.75, 3.05) is 26.2 Å². The lowest BCUT2D eigenvalue weighted by molar-refractivity contribution is 0.236. The van der Waals surface area contributed by atoms with Gasteiger partial charge >= 0.3 is 5.69 Å². The third kappa shape index (κ3) is 6.03. The fraction of sp³-hybridized carbons (Fsp3) is 0.206. The zero-order chi connectivity index (χ0) is 27.1. The van der Waals surface area contributed by atoms with Gasteiger partial charge in [0.05, 0.1) is 11.4 Å². The highest BCUT2D eigenvalue weighted by Gasteiger charge is 2.14. The SMILES string of the molecule is O=c1n(-c2ccc(Oc3ccccc3)cc2)ccn1-c1ccc(OCCN2CCCC2)c(Cc2ccccc2)c1. The lowest BCUT2D eigenvalue weighted by Crippen LogP contribution is -2.25. The van der Waals surface area contributed by atoms with E-state index < -0.39 is 0 Å². The van der Waals surface area contributed by atoms with E-state index in [1.807, 2.05) is 91.1 Å². The Labute approximate surface area is 234 Å². The maximum Gasteiger partial charge on any atom is 0.337 e. The van der Waals surface area contributed by atoms with Gasteiger partial charge in [0.15, 0.2) is 0 Å². The molecule has 0 bridgehead atoms. The molecule has 0 unspecified atom stereocenters. The zero-order valence-corrected chi connectivity index (χ0v) is 22.5. The van der Waals surface area contributed by atoms with Crippen LogP contribution < -0.4 is 15.2 Å². The number of benzene rings is 4. The second kappa shape index (κ2) is 12.1.